The number of nitrogens with zero attached hydrogens (tertiary/aromatic N) is 2. The zero-order valence-corrected chi connectivity index (χ0v) is 9.70. The second kappa shape index (κ2) is 5.41. The highest BCUT2D eigenvalue weighted by atomic mass is 32.1. The minimum Gasteiger partial charge on any atom is -0.338 e. The molecule has 80 valence electrons. The maximum absolute atomic E-state index is 11.6. The van der Waals surface area contributed by atoms with Crippen LogP contribution in [0, 0.1) is 0 Å². The molecule has 3 nitrogen and oxygen atoms in total. The van der Waals surface area contributed by atoms with Crippen molar-refractivity contribution in [2.45, 2.75) is 11.7 Å². The molecule has 4 heteroatoms. The van der Waals surface area contributed by atoms with E-state index in [2.05, 4.69) is 12.6 Å². The molecule has 0 aromatic rings. The third-order valence-corrected chi connectivity index (χ3v) is 2.63. The number of likely N-dealkylation sites (tertiary alicyclic amines) is 1. The Kier molecular flexibility index (Phi) is 4.48. The number of amides is 1. The standard InChI is InChI=1S/C10H18N2OS/c1-11(2)6-3-4-10(13)12-7-5-9(14)8-12/h3-4,9,14H,5-8H2,1-2H3/b4-3+. The minimum absolute atomic E-state index is 0.114. The SMILES string of the molecule is CN(C)C/C=C/C(=O)N1CCC(S)C1. The monoisotopic (exact) mass is 214 g/mol. The van der Waals surface area contributed by atoms with Crippen LogP contribution >= 0.6 is 12.6 Å². The molecule has 14 heavy (non-hydrogen) atoms. The molecule has 0 aromatic carbocycles. The van der Waals surface area contributed by atoms with E-state index in [4.69, 9.17) is 0 Å². The van der Waals surface area contributed by atoms with E-state index in [1.54, 1.807) is 6.08 Å². The van der Waals surface area contributed by atoms with Crippen molar-refractivity contribution in [3.8, 4) is 0 Å². The second-order valence-corrected chi connectivity index (χ2v) is 4.62. The lowest BCUT2D eigenvalue weighted by molar-refractivity contribution is -0.124. The Balaban J connectivity index is 2.31. The molecule has 0 bridgehead atoms. The van der Waals surface area contributed by atoms with Gasteiger partial charge >= 0.3 is 0 Å². The summed E-state index contributed by atoms with van der Waals surface area (Å²) in [5.41, 5.74) is 0. The lowest BCUT2D eigenvalue weighted by atomic mass is 10.4. The quantitative estimate of drug-likeness (QED) is 0.550. The molecular formula is C10H18N2OS. The van der Waals surface area contributed by atoms with Crippen LogP contribution in [0.3, 0.4) is 0 Å². The Bertz CT molecular complexity index is 228. The van der Waals surface area contributed by atoms with E-state index >= 15 is 0 Å². The summed E-state index contributed by atoms with van der Waals surface area (Å²) in [7, 11) is 3.96. The first kappa shape index (κ1) is 11.6. The van der Waals surface area contributed by atoms with E-state index in [1.807, 2.05) is 30.0 Å². The molecule has 0 aromatic heterocycles. The third-order valence-electron chi connectivity index (χ3n) is 2.21. The fourth-order valence-corrected chi connectivity index (χ4v) is 1.72. The highest BCUT2D eigenvalue weighted by molar-refractivity contribution is 7.81. The van der Waals surface area contributed by atoms with Crippen molar-refractivity contribution < 1.29 is 4.79 Å². The minimum atomic E-state index is 0.114. The molecule has 1 amide bonds. The van der Waals surface area contributed by atoms with Crippen LogP contribution in [-0.2, 0) is 4.79 Å². The first-order valence-electron chi connectivity index (χ1n) is 4.88. The van der Waals surface area contributed by atoms with Crippen molar-refractivity contribution in [2.24, 2.45) is 0 Å². The van der Waals surface area contributed by atoms with E-state index in [-0.39, 0.29) is 5.91 Å². The summed E-state index contributed by atoms with van der Waals surface area (Å²) in [6.45, 7) is 2.44. The molecule has 0 N–H and O–H groups in total. The topological polar surface area (TPSA) is 23.6 Å². The van der Waals surface area contributed by atoms with Crippen LogP contribution in [0.15, 0.2) is 12.2 Å². The third kappa shape index (κ3) is 3.72. The fraction of sp³-hybridized carbons (Fsp3) is 0.700. The lowest BCUT2D eigenvalue weighted by Gasteiger charge is -2.12. The maximum atomic E-state index is 11.6. The summed E-state index contributed by atoms with van der Waals surface area (Å²) in [5, 5.41) is 0.362. The zero-order valence-electron chi connectivity index (χ0n) is 8.81. The van der Waals surface area contributed by atoms with E-state index < -0.39 is 0 Å². The van der Waals surface area contributed by atoms with Gasteiger partial charge in [0.25, 0.3) is 0 Å². The molecular weight excluding hydrogens is 196 g/mol. The van der Waals surface area contributed by atoms with Crippen molar-refractivity contribution in [3.63, 3.8) is 0 Å². The number of carbonyl (C=O) groups is 1. The Morgan fingerprint density at radius 1 is 1.64 bits per heavy atom. The van der Waals surface area contributed by atoms with Crippen molar-refractivity contribution in [1.82, 2.24) is 9.80 Å². The van der Waals surface area contributed by atoms with Gasteiger partial charge in [0.1, 0.15) is 0 Å². The maximum Gasteiger partial charge on any atom is 0.246 e. The van der Waals surface area contributed by atoms with Gasteiger partial charge in [0.05, 0.1) is 0 Å². The first-order chi connectivity index (χ1) is 6.59. The molecule has 1 aliphatic rings. The normalized spacial score (nSPS) is 22.6. The highest BCUT2D eigenvalue weighted by Crippen LogP contribution is 2.14. The molecule has 1 saturated heterocycles. The summed E-state index contributed by atoms with van der Waals surface area (Å²) in [6.07, 6.45) is 4.57. The molecule has 0 radical (unpaired) electrons. The Morgan fingerprint density at radius 2 is 2.36 bits per heavy atom. The predicted molar refractivity (Wildman–Crippen MR) is 61.7 cm³/mol. The number of thiol groups is 1. The number of likely N-dealkylation sites (N-methyl/N-ethyl adjacent to an activating group) is 1. The van der Waals surface area contributed by atoms with Crippen LogP contribution in [0.2, 0.25) is 0 Å². The van der Waals surface area contributed by atoms with Crippen LogP contribution < -0.4 is 0 Å². The molecule has 1 aliphatic heterocycles. The number of hydrogen-bond donors (Lipinski definition) is 1. The Hall–Kier alpha value is -0.480. The van der Waals surface area contributed by atoms with Gasteiger partial charge in [0.2, 0.25) is 5.91 Å². The average Bonchev–Trinajstić information content (AvgIpc) is 2.51. The summed E-state index contributed by atoms with van der Waals surface area (Å²) in [6, 6.07) is 0. The summed E-state index contributed by atoms with van der Waals surface area (Å²) >= 11 is 4.34. The lowest BCUT2D eigenvalue weighted by Crippen LogP contribution is -2.27. The smallest absolute Gasteiger partial charge is 0.246 e. The predicted octanol–water partition coefficient (Wildman–Crippen LogP) is 0.635. The Labute approximate surface area is 91.2 Å². The van der Waals surface area contributed by atoms with E-state index in [0.717, 1.165) is 26.1 Å². The molecule has 1 rings (SSSR count). The van der Waals surface area contributed by atoms with Gasteiger partial charge in [-0.2, -0.15) is 12.6 Å². The van der Waals surface area contributed by atoms with Gasteiger partial charge in [-0.05, 0) is 20.5 Å². The van der Waals surface area contributed by atoms with Crippen molar-refractivity contribution in [3.05, 3.63) is 12.2 Å². The van der Waals surface area contributed by atoms with Crippen molar-refractivity contribution in [1.29, 1.82) is 0 Å². The molecule has 0 spiro atoms. The fourth-order valence-electron chi connectivity index (χ4n) is 1.41. The first-order valence-corrected chi connectivity index (χ1v) is 5.39. The molecule has 0 aliphatic carbocycles. The van der Waals surface area contributed by atoms with Gasteiger partial charge in [-0.3, -0.25) is 4.79 Å². The van der Waals surface area contributed by atoms with Gasteiger partial charge in [-0.15, -0.1) is 0 Å². The summed E-state index contributed by atoms with van der Waals surface area (Å²) in [5.74, 6) is 0.114. The van der Waals surface area contributed by atoms with E-state index in [9.17, 15) is 4.79 Å². The van der Waals surface area contributed by atoms with Gasteiger partial charge < -0.3 is 9.80 Å². The van der Waals surface area contributed by atoms with Crippen LogP contribution in [0.5, 0.6) is 0 Å². The average molecular weight is 214 g/mol. The molecule has 1 fully saturated rings. The van der Waals surface area contributed by atoms with Crippen molar-refractivity contribution >= 4 is 18.5 Å². The van der Waals surface area contributed by atoms with Crippen LogP contribution in [0.4, 0.5) is 0 Å². The summed E-state index contributed by atoms with van der Waals surface area (Å²) in [4.78, 5) is 15.4. The van der Waals surface area contributed by atoms with E-state index in [0.29, 0.717) is 5.25 Å². The summed E-state index contributed by atoms with van der Waals surface area (Å²) < 4.78 is 0. The Morgan fingerprint density at radius 3 is 2.86 bits per heavy atom. The van der Waals surface area contributed by atoms with Gasteiger partial charge in [0.15, 0.2) is 0 Å². The molecule has 0 saturated carbocycles. The number of rotatable bonds is 3. The van der Waals surface area contributed by atoms with Crippen LogP contribution in [0.25, 0.3) is 0 Å². The van der Waals surface area contributed by atoms with Gasteiger partial charge in [-0.1, -0.05) is 6.08 Å². The number of hydrogen-bond acceptors (Lipinski definition) is 3. The largest absolute Gasteiger partial charge is 0.338 e. The van der Waals surface area contributed by atoms with Crippen molar-refractivity contribution in [2.75, 3.05) is 33.7 Å². The van der Waals surface area contributed by atoms with Crippen LogP contribution in [-0.4, -0.2) is 54.7 Å². The molecule has 1 heterocycles. The van der Waals surface area contributed by atoms with E-state index in [1.165, 1.54) is 0 Å². The molecule has 1 unspecified atom stereocenters. The van der Waals surface area contributed by atoms with Gasteiger partial charge in [0, 0.05) is 31.0 Å². The second-order valence-electron chi connectivity index (χ2n) is 3.89. The highest BCUT2D eigenvalue weighted by Gasteiger charge is 2.21. The van der Waals surface area contributed by atoms with Crippen LogP contribution in [0.1, 0.15) is 6.42 Å². The molecule has 1 atom stereocenters. The number of carbonyl (C=O) groups excluding carboxylic acids is 1. The zero-order chi connectivity index (χ0) is 10.6. The van der Waals surface area contributed by atoms with Gasteiger partial charge in [-0.25, -0.2) is 0 Å².